The maximum absolute atomic E-state index is 12.8. The smallest absolute Gasteiger partial charge is 0.255 e. The molecule has 0 atom stereocenters. The predicted molar refractivity (Wildman–Crippen MR) is 124 cm³/mol. The van der Waals surface area contributed by atoms with E-state index in [1.807, 2.05) is 29.2 Å². The van der Waals surface area contributed by atoms with Gasteiger partial charge in [0.25, 0.3) is 5.91 Å². The average Bonchev–Trinajstić information content (AvgIpc) is 2.77. The minimum absolute atomic E-state index is 0.00322. The molecule has 1 amide bonds. The van der Waals surface area contributed by atoms with Gasteiger partial charge in [0.05, 0.1) is 25.3 Å². The number of halogens is 1. The lowest BCUT2D eigenvalue weighted by atomic mass is 10.1. The Morgan fingerprint density at radius 3 is 2.40 bits per heavy atom. The second kappa shape index (κ2) is 8.50. The van der Waals surface area contributed by atoms with Crippen molar-refractivity contribution in [2.75, 3.05) is 51.0 Å². The number of carbonyl (C=O) groups excluding carboxylic acids is 1. The molecule has 0 unspecified atom stereocenters. The molecule has 8 nitrogen and oxygen atoms in total. The number of benzene rings is 1. The summed E-state index contributed by atoms with van der Waals surface area (Å²) in [4.78, 5) is 25.6. The van der Waals surface area contributed by atoms with E-state index in [9.17, 15) is 4.79 Å². The van der Waals surface area contributed by atoms with E-state index in [2.05, 4.69) is 32.5 Å². The van der Waals surface area contributed by atoms with Crippen molar-refractivity contribution in [1.82, 2.24) is 14.9 Å². The number of hydrogen-bond acceptors (Lipinski definition) is 7. The number of nitrogen functional groups attached to an aromatic ring is 1. The van der Waals surface area contributed by atoms with E-state index < -0.39 is 0 Å². The summed E-state index contributed by atoms with van der Waals surface area (Å²) in [5.74, 6) is 2.01. The zero-order valence-electron chi connectivity index (χ0n) is 16.8. The Labute approximate surface area is 188 Å². The number of hydrogen-bond donors (Lipinski definition) is 1. The molecule has 1 aliphatic heterocycles. The van der Waals surface area contributed by atoms with Gasteiger partial charge in [-0.2, -0.15) is 0 Å². The number of piperazine rings is 1. The molecule has 0 aliphatic carbocycles. The molecule has 1 fully saturated rings. The van der Waals surface area contributed by atoms with Gasteiger partial charge in [-0.15, -0.1) is 0 Å². The number of amides is 1. The van der Waals surface area contributed by atoms with Crippen molar-refractivity contribution in [3.63, 3.8) is 0 Å². The van der Waals surface area contributed by atoms with E-state index in [0.29, 0.717) is 48.9 Å². The second-order valence-corrected chi connectivity index (χ2v) is 8.21. The lowest BCUT2D eigenvalue weighted by Gasteiger charge is -2.35. The molecule has 9 heteroatoms. The van der Waals surface area contributed by atoms with Crippen molar-refractivity contribution < 1.29 is 14.3 Å². The standard InChI is InChI=1S/C21H22IN5O3/c1-29-18-8-15-16(23)9-20(25-17(15)10-19(18)30-2)26-3-5-27(6-4-26)21(28)13-7-14(22)12-24-11-13/h7-12H,3-6H2,1-2H3,(H2,23,25)/i22-2. The first-order valence-corrected chi connectivity index (χ1v) is 10.5. The Balaban J connectivity index is 1.53. The topological polar surface area (TPSA) is 93.8 Å². The van der Waals surface area contributed by atoms with Gasteiger partial charge >= 0.3 is 0 Å². The van der Waals surface area contributed by atoms with Gasteiger partial charge in [-0.05, 0) is 34.7 Å². The molecule has 0 bridgehead atoms. The van der Waals surface area contributed by atoms with Crippen LogP contribution >= 0.6 is 22.6 Å². The fourth-order valence-corrected chi connectivity index (χ4v) is 4.07. The van der Waals surface area contributed by atoms with Gasteiger partial charge in [0.15, 0.2) is 11.5 Å². The summed E-state index contributed by atoms with van der Waals surface area (Å²) >= 11 is 2.16. The number of nitrogens with two attached hydrogens (primary N) is 1. The van der Waals surface area contributed by atoms with Crippen LogP contribution in [-0.2, 0) is 0 Å². The SMILES string of the molecule is COc1cc2nc(N3CCN(C(=O)c4cncc([125I])c4)CC3)cc(N)c2cc1OC. The fraction of sp³-hybridized carbons (Fsp3) is 0.286. The molecule has 3 heterocycles. The fourth-order valence-electron chi connectivity index (χ4n) is 3.58. The van der Waals surface area contributed by atoms with Crippen molar-refractivity contribution in [3.8, 4) is 11.5 Å². The van der Waals surface area contributed by atoms with E-state index >= 15 is 0 Å². The van der Waals surface area contributed by atoms with E-state index in [4.69, 9.17) is 20.2 Å². The summed E-state index contributed by atoms with van der Waals surface area (Å²) in [6.45, 7) is 2.56. The van der Waals surface area contributed by atoms with Crippen LogP contribution in [0, 0.1) is 3.57 Å². The third kappa shape index (κ3) is 3.93. The molecule has 4 rings (SSSR count). The normalized spacial score (nSPS) is 14.1. The molecule has 30 heavy (non-hydrogen) atoms. The number of anilines is 2. The summed E-state index contributed by atoms with van der Waals surface area (Å²) in [7, 11) is 3.19. The van der Waals surface area contributed by atoms with Gasteiger partial charge in [0.1, 0.15) is 5.82 Å². The maximum Gasteiger partial charge on any atom is 0.255 e. The van der Waals surface area contributed by atoms with Gasteiger partial charge in [0, 0.05) is 65.3 Å². The molecule has 156 valence electrons. The molecule has 0 radical (unpaired) electrons. The lowest BCUT2D eigenvalue weighted by molar-refractivity contribution is 0.0746. The van der Waals surface area contributed by atoms with Crippen molar-refractivity contribution in [2.24, 2.45) is 0 Å². The Hall–Kier alpha value is -2.82. The number of rotatable bonds is 4. The maximum atomic E-state index is 12.8. The van der Waals surface area contributed by atoms with Crippen molar-refractivity contribution >= 4 is 50.9 Å². The molecular formula is C21H22IN5O3. The minimum Gasteiger partial charge on any atom is -0.493 e. The van der Waals surface area contributed by atoms with E-state index in [1.54, 1.807) is 26.6 Å². The molecule has 3 aromatic rings. The van der Waals surface area contributed by atoms with Crippen LogP contribution in [0.5, 0.6) is 11.5 Å². The predicted octanol–water partition coefficient (Wildman–Crippen LogP) is 2.80. The summed E-state index contributed by atoms with van der Waals surface area (Å²) < 4.78 is 11.7. The molecule has 0 spiro atoms. The second-order valence-electron chi connectivity index (χ2n) is 6.97. The van der Waals surface area contributed by atoms with Crippen molar-refractivity contribution in [2.45, 2.75) is 0 Å². The van der Waals surface area contributed by atoms with Crippen LogP contribution < -0.4 is 20.1 Å². The largest absolute Gasteiger partial charge is 0.493 e. The molecule has 2 N–H and O–H groups in total. The van der Waals surface area contributed by atoms with E-state index in [1.165, 1.54) is 0 Å². The quantitative estimate of drug-likeness (QED) is 0.532. The summed E-state index contributed by atoms with van der Waals surface area (Å²) in [5.41, 5.74) is 8.29. The third-order valence-electron chi connectivity index (χ3n) is 5.18. The van der Waals surface area contributed by atoms with Gasteiger partial charge in [-0.25, -0.2) is 4.98 Å². The van der Waals surface area contributed by atoms with Gasteiger partial charge in [0.2, 0.25) is 0 Å². The van der Waals surface area contributed by atoms with Crippen LogP contribution in [0.1, 0.15) is 10.4 Å². The molecule has 1 aliphatic rings. The number of methoxy groups -OCH3 is 2. The molecule has 1 aromatic carbocycles. The van der Waals surface area contributed by atoms with Gasteiger partial charge < -0.3 is 25.0 Å². The van der Waals surface area contributed by atoms with Crippen molar-refractivity contribution in [3.05, 3.63) is 45.8 Å². The van der Waals surface area contributed by atoms with Crippen molar-refractivity contribution in [1.29, 1.82) is 0 Å². The lowest BCUT2D eigenvalue weighted by Crippen LogP contribution is -2.49. The van der Waals surface area contributed by atoms with E-state index in [0.717, 1.165) is 20.3 Å². The molecule has 1 saturated heterocycles. The Kier molecular flexibility index (Phi) is 5.80. The number of nitrogens with zero attached hydrogens (tertiary/aromatic N) is 4. The van der Waals surface area contributed by atoms with Gasteiger partial charge in [-0.3, -0.25) is 9.78 Å². The highest BCUT2D eigenvalue weighted by Gasteiger charge is 2.24. The van der Waals surface area contributed by atoms with Gasteiger partial charge in [-0.1, -0.05) is 0 Å². The van der Waals surface area contributed by atoms with Crippen LogP contribution in [0.25, 0.3) is 10.9 Å². The Morgan fingerprint density at radius 1 is 1.03 bits per heavy atom. The first-order valence-electron chi connectivity index (χ1n) is 9.47. The Morgan fingerprint density at radius 2 is 1.73 bits per heavy atom. The number of carbonyl (C=O) groups is 1. The highest BCUT2D eigenvalue weighted by molar-refractivity contribution is 14.1. The third-order valence-corrected chi connectivity index (χ3v) is 5.77. The highest BCUT2D eigenvalue weighted by Crippen LogP contribution is 2.35. The minimum atomic E-state index is 0.00322. The zero-order valence-corrected chi connectivity index (χ0v) is 18.9. The summed E-state index contributed by atoms with van der Waals surface area (Å²) in [6, 6.07) is 7.40. The zero-order chi connectivity index (χ0) is 21.3. The first kappa shape index (κ1) is 20.5. The molecule has 0 saturated carbocycles. The van der Waals surface area contributed by atoms with E-state index in [-0.39, 0.29) is 5.91 Å². The summed E-state index contributed by atoms with van der Waals surface area (Å²) in [6.07, 6.45) is 3.35. The summed E-state index contributed by atoms with van der Waals surface area (Å²) in [5, 5.41) is 0.816. The highest BCUT2D eigenvalue weighted by atomic mass is 125. The van der Waals surface area contributed by atoms with Crippen LogP contribution in [0.15, 0.2) is 36.7 Å². The molecule has 2 aromatic heterocycles. The monoisotopic (exact) mass is 517 g/mol. The van der Waals surface area contributed by atoms with Crippen LogP contribution in [0.4, 0.5) is 11.5 Å². The van der Waals surface area contributed by atoms with Crippen LogP contribution in [0.2, 0.25) is 0 Å². The first-order chi connectivity index (χ1) is 14.5. The number of fused-ring (bicyclic) bond motifs is 1. The molecular weight excluding hydrogens is 495 g/mol. The van der Waals surface area contributed by atoms with Crippen LogP contribution in [0.3, 0.4) is 0 Å². The average molecular weight is 517 g/mol. The number of aromatic nitrogens is 2. The number of ether oxygens (including phenoxy) is 2. The Bertz CT molecular complexity index is 1100. The number of pyridine rings is 2. The van der Waals surface area contributed by atoms with Crippen LogP contribution in [-0.4, -0.2) is 61.2 Å².